The number of methoxy groups -OCH3 is 4. The van der Waals surface area contributed by atoms with Crippen molar-refractivity contribution in [3.05, 3.63) is 162 Å². The van der Waals surface area contributed by atoms with E-state index in [2.05, 4.69) is 31.2 Å². The molecule has 6 aliphatic heterocycles. The van der Waals surface area contributed by atoms with Crippen LogP contribution in [-0.4, -0.2) is 287 Å². The molecular formula is C91H132BN11O27S3. The van der Waals surface area contributed by atoms with Crippen molar-refractivity contribution in [1.82, 2.24) is 39.4 Å². The number of nitrogens with one attached hydrogen (secondary N) is 5. The van der Waals surface area contributed by atoms with E-state index in [1.165, 1.54) is 77.8 Å². The van der Waals surface area contributed by atoms with Crippen LogP contribution in [0.1, 0.15) is 77.5 Å². The Balaban J connectivity index is 0.000000207. The van der Waals surface area contributed by atoms with E-state index >= 15 is 0 Å². The Bertz CT molecular complexity index is 4960. The van der Waals surface area contributed by atoms with Crippen LogP contribution in [0, 0.1) is 35.5 Å². The van der Waals surface area contributed by atoms with Crippen LogP contribution in [0.3, 0.4) is 0 Å². The van der Waals surface area contributed by atoms with E-state index in [9.17, 15) is 54.6 Å². The zero-order valence-corrected chi connectivity index (χ0v) is 79.7. The summed E-state index contributed by atoms with van der Waals surface area (Å²) in [6.07, 6.45) is -1.87. The van der Waals surface area contributed by atoms with Crippen molar-refractivity contribution in [2.75, 3.05) is 134 Å². The van der Waals surface area contributed by atoms with Crippen LogP contribution in [0.5, 0.6) is 34.5 Å². The van der Waals surface area contributed by atoms with Crippen LogP contribution in [0.25, 0.3) is 0 Å². The Morgan fingerprint density at radius 1 is 0.414 bits per heavy atom. The SMILES string of the molecule is COC(=O)NCCOc1ccc(C[C@H](NC(=O)O[C@H]2CO[C@H]3OCC[C@H]32)[C@H](N)CN(CC(C)C)S(=O)(=O)c2ccc(OC)cc2)cc1.COc1ccc(S(=O)(=O)N(CC(C)C)C[C@@H](N)[C@H](Cc2ccc(O)cc2)NC(=O)O[C@H]2CO[C@H]3OCC[C@H]32)cc1.COc1ccc(S(=O)(=O)N(CC(C)C)C[C@@H](N)[C@H](Cc2ccc(OCCNB(C)O)cc2)NC(=O)O[C@H]2CO[C@H]3OCC[C@H]32)cc1. The van der Waals surface area contributed by atoms with Crippen molar-refractivity contribution in [2.45, 2.75) is 175 Å². The Hall–Kier alpha value is -9.45. The molecule has 0 aliphatic carbocycles. The average Bonchev–Trinajstić information content (AvgIpc) is 1.80. The fourth-order valence-corrected chi connectivity index (χ4v) is 20.9. The molecule has 6 aromatic carbocycles. The molecule has 0 radical (unpaired) electrons. The van der Waals surface area contributed by atoms with Gasteiger partial charge in [-0.2, -0.15) is 12.9 Å². The number of aromatic hydroxyl groups is 1. The van der Waals surface area contributed by atoms with E-state index in [4.69, 9.17) is 83.5 Å². The first-order valence-corrected chi connectivity index (χ1v) is 49.1. The van der Waals surface area contributed by atoms with Gasteiger partial charge in [0.15, 0.2) is 18.9 Å². The molecule has 133 heavy (non-hydrogen) atoms. The Morgan fingerprint density at radius 3 is 0.977 bits per heavy atom. The summed E-state index contributed by atoms with van der Waals surface area (Å²) in [5.41, 5.74) is 22.6. The van der Waals surface area contributed by atoms with Crippen LogP contribution < -0.4 is 67.4 Å². The van der Waals surface area contributed by atoms with Gasteiger partial charge in [-0.3, -0.25) is 0 Å². The third-order valence-electron chi connectivity index (χ3n) is 23.0. The summed E-state index contributed by atoms with van der Waals surface area (Å²) in [7, 11) is -6.54. The molecule has 38 nitrogen and oxygen atoms in total. The van der Waals surface area contributed by atoms with Crippen LogP contribution >= 0.6 is 0 Å². The van der Waals surface area contributed by atoms with Gasteiger partial charge in [-0.05, 0) is 189 Å². The number of benzene rings is 6. The summed E-state index contributed by atoms with van der Waals surface area (Å²) in [5, 5.41) is 33.2. The number of sulfonamides is 3. The van der Waals surface area contributed by atoms with Gasteiger partial charge < -0.3 is 125 Å². The van der Waals surface area contributed by atoms with Gasteiger partial charge >= 0.3 is 31.4 Å². The fourth-order valence-electron chi connectivity index (χ4n) is 16.0. The summed E-state index contributed by atoms with van der Waals surface area (Å²) in [6, 6.07) is 35.3. The highest BCUT2D eigenvalue weighted by Crippen LogP contribution is 2.37. The van der Waals surface area contributed by atoms with Gasteiger partial charge in [-0.25, -0.2) is 44.4 Å². The minimum atomic E-state index is -3.93. The fraction of sp³-hybridized carbons (Fsp3) is 0.560. The monoisotopic (exact) mass is 1920 g/mol. The highest BCUT2D eigenvalue weighted by molar-refractivity contribution is 7.89. The van der Waals surface area contributed by atoms with Crippen molar-refractivity contribution in [3.63, 3.8) is 0 Å². The number of ether oxygens (including phenoxy) is 15. The minimum Gasteiger partial charge on any atom is -0.508 e. The lowest BCUT2D eigenvalue weighted by atomic mass is 9.89. The molecule has 0 bridgehead atoms. The second-order valence-corrected chi connectivity index (χ2v) is 40.5. The van der Waals surface area contributed by atoms with Gasteiger partial charge in [0.05, 0.1) is 132 Å². The number of carbonyl (C=O) groups excluding carboxylic acids is 4. The lowest BCUT2D eigenvalue weighted by Crippen LogP contribution is -2.55. The molecule has 0 saturated carbocycles. The highest BCUT2D eigenvalue weighted by Gasteiger charge is 2.48. The molecule has 13 N–H and O–H groups in total. The summed E-state index contributed by atoms with van der Waals surface area (Å²) >= 11 is 0. The van der Waals surface area contributed by atoms with E-state index in [0.717, 1.165) is 36.0 Å². The number of alkyl carbamates (subject to hydrolysis) is 4. The predicted molar refractivity (Wildman–Crippen MR) is 492 cm³/mol. The number of carbonyl (C=O) groups is 4. The zero-order valence-electron chi connectivity index (χ0n) is 77.3. The van der Waals surface area contributed by atoms with Gasteiger partial charge in [0.25, 0.3) is 0 Å². The van der Waals surface area contributed by atoms with Crippen molar-refractivity contribution in [1.29, 1.82) is 0 Å². The third kappa shape index (κ3) is 31.6. The first-order valence-electron chi connectivity index (χ1n) is 44.8. The molecule has 6 fully saturated rings. The molecule has 42 heteroatoms. The molecule has 0 spiro atoms. The van der Waals surface area contributed by atoms with Crippen molar-refractivity contribution in [3.8, 4) is 34.5 Å². The summed E-state index contributed by atoms with van der Waals surface area (Å²) in [4.78, 5) is 51.0. The number of fused-ring (bicyclic) bond motifs is 3. The molecule has 12 rings (SSSR count). The first kappa shape index (κ1) is 106. The number of amides is 4. The molecule has 734 valence electrons. The molecule has 0 unspecified atom stereocenters. The van der Waals surface area contributed by atoms with Gasteiger partial charge in [0.1, 0.15) is 59.4 Å². The molecule has 0 aromatic heterocycles. The summed E-state index contributed by atoms with van der Waals surface area (Å²) in [5.74, 6) is 2.92. The molecule has 6 saturated heterocycles. The largest absolute Gasteiger partial charge is 0.508 e. The smallest absolute Gasteiger partial charge is 0.407 e. The van der Waals surface area contributed by atoms with Gasteiger partial charge in [0.2, 0.25) is 30.1 Å². The maximum absolute atomic E-state index is 13.8. The second-order valence-electron chi connectivity index (χ2n) is 34.6. The minimum absolute atomic E-state index is 0.00547. The molecular weight excluding hydrogens is 1790 g/mol. The van der Waals surface area contributed by atoms with E-state index in [1.807, 2.05) is 77.9 Å². The maximum atomic E-state index is 13.8. The number of phenols is 1. The number of rotatable bonds is 45. The molecule has 4 amide bonds. The average molecular weight is 1920 g/mol. The lowest BCUT2D eigenvalue weighted by molar-refractivity contribution is -0.0909. The summed E-state index contributed by atoms with van der Waals surface area (Å²) < 4.78 is 169. The Kier molecular flexibility index (Phi) is 40.4. The van der Waals surface area contributed by atoms with E-state index < -0.39 is 116 Å². The van der Waals surface area contributed by atoms with Gasteiger partial charge in [-0.1, -0.05) is 77.9 Å². The van der Waals surface area contributed by atoms with Crippen LogP contribution in [0.2, 0.25) is 6.82 Å². The van der Waals surface area contributed by atoms with Crippen molar-refractivity contribution in [2.24, 2.45) is 52.7 Å². The lowest BCUT2D eigenvalue weighted by Gasteiger charge is -2.31. The van der Waals surface area contributed by atoms with Crippen molar-refractivity contribution >= 4 is 61.5 Å². The molecule has 6 heterocycles. The summed E-state index contributed by atoms with van der Waals surface area (Å²) in [6.45, 7) is 17.5. The predicted octanol–water partition coefficient (Wildman–Crippen LogP) is 6.82. The molecule has 6 aromatic rings. The number of hydrogen-bond donors (Lipinski definition) is 10. The van der Waals surface area contributed by atoms with E-state index in [-0.39, 0.29) is 153 Å². The van der Waals surface area contributed by atoms with Gasteiger partial charge in [-0.15, -0.1) is 0 Å². The topological polar surface area (TPSA) is 498 Å². The highest BCUT2D eigenvalue weighted by atomic mass is 32.2. The maximum Gasteiger partial charge on any atom is 0.407 e. The van der Waals surface area contributed by atoms with Crippen LogP contribution in [0.15, 0.2) is 160 Å². The van der Waals surface area contributed by atoms with Crippen LogP contribution in [0.4, 0.5) is 19.2 Å². The zero-order chi connectivity index (χ0) is 96.1. The first-order chi connectivity index (χ1) is 63.5. The van der Waals surface area contributed by atoms with E-state index in [0.29, 0.717) is 74.6 Å². The van der Waals surface area contributed by atoms with Crippen LogP contribution in [-0.2, 0) is 96.7 Å². The molecule has 6 aliphatic rings. The third-order valence-corrected chi connectivity index (χ3v) is 28.6. The van der Waals surface area contributed by atoms with E-state index in [1.54, 1.807) is 79.6 Å². The van der Waals surface area contributed by atoms with Gasteiger partial charge in [0, 0.05) is 63.9 Å². The number of nitrogens with zero attached hydrogens (tertiary/aromatic N) is 3. The quantitative estimate of drug-likeness (QED) is 0.0106. The molecule has 15 atom stereocenters. The Labute approximate surface area is 780 Å². The second kappa shape index (κ2) is 50.9. The Morgan fingerprint density at radius 2 is 0.699 bits per heavy atom. The number of nitrogens with two attached hydrogens (primary N) is 3. The standard InChI is InChI=1S/C32H46N4O10S.C31H47BN4O9S.C28H39N3O8S/c1-21(2)18-36(47(39,40)25-11-9-23(41-3)10-12-25)19-27(33)28(35-32(38)46-29-20-45-30-26(29)13-15-44-30)17-22-5-7-24(8-6-22)43-16-14-34-31(37)42-4;1-21(2)18-36(46(39,40)25-11-9-23(41-4)10-12-25)19-27(33)28(35-31(37)45-29-20-44-30-26(29)13-15-43-30)17-22-5-7-24(8-6-22)42-16-14-34-32(3)38;1-18(2)15-31(40(34,35)22-10-8-21(36-3)9-11-22)16-24(29)25(14-19-4-6-20(32)7-5-19)30-28(33)39-26-17-38-27-23(26)12-13-37-27/h5-12,21,26-30H,13-20,33H2,1-4H3,(H,34,37)(H,35,38);5-12,21,26-30,34,38H,13-20,33H2,1-4H3,(H,35,37);4-11,18,23-27,32H,12-17,29H2,1-3H3,(H,30,33)/t2*26-,27+,28-,29-,30+;23-,24+,25-,26-,27+/m000/s1. The number of phenolic OH excluding ortho intramolecular Hbond substituents is 1. The number of hydrogen-bond acceptors (Lipinski definition) is 31. The van der Waals surface area contributed by atoms with Crippen molar-refractivity contribution < 1.29 is 126 Å². The normalized spacial score (nSPS) is 21.0.